The van der Waals surface area contributed by atoms with E-state index in [1.165, 1.54) is 25.4 Å². The molecule has 1 aromatic heterocycles. The van der Waals surface area contributed by atoms with Crippen LogP contribution in [0.1, 0.15) is 28.8 Å². The van der Waals surface area contributed by atoms with Crippen LogP contribution in [0.5, 0.6) is 5.75 Å². The summed E-state index contributed by atoms with van der Waals surface area (Å²) in [6, 6.07) is 10.0. The Morgan fingerprint density at radius 2 is 1.82 bits per heavy atom. The molecule has 0 radical (unpaired) electrons. The number of alkyl halides is 3. The predicted molar refractivity (Wildman–Crippen MR) is 152 cm³/mol. The molecule has 214 valence electrons. The highest BCUT2D eigenvalue weighted by Gasteiger charge is 2.33. The summed E-state index contributed by atoms with van der Waals surface area (Å²) < 4.78 is 46.3. The van der Waals surface area contributed by atoms with E-state index in [2.05, 4.69) is 32.1 Å². The molecule has 5 rings (SSSR count). The van der Waals surface area contributed by atoms with Gasteiger partial charge in [0.15, 0.2) is 0 Å². The molecule has 40 heavy (non-hydrogen) atoms. The maximum Gasteiger partial charge on any atom is 0.416 e. The molecule has 2 aliphatic rings. The van der Waals surface area contributed by atoms with Crippen molar-refractivity contribution in [1.29, 1.82) is 0 Å². The first-order valence-electron chi connectivity index (χ1n) is 13.5. The van der Waals surface area contributed by atoms with E-state index in [1.807, 2.05) is 23.1 Å². The fourth-order valence-electron chi connectivity index (χ4n) is 5.17. The third-order valence-electron chi connectivity index (χ3n) is 7.57. The van der Waals surface area contributed by atoms with Crippen LogP contribution in [0.25, 0.3) is 0 Å². The van der Waals surface area contributed by atoms with Crippen LogP contribution in [0.15, 0.2) is 42.7 Å². The van der Waals surface area contributed by atoms with Gasteiger partial charge < -0.3 is 24.8 Å². The molecule has 1 N–H and O–H groups in total. The number of likely N-dealkylation sites (N-methyl/N-ethyl adjacent to an activating group) is 1. The molecular weight excluding hydrogens is 541 g/mol. The van der Waals surface area contributed by atoms with Crippen molar-refractivity contribution in [3.8, 4) is 5.75 Å². The number of anilines is 3. The van der Waals surface area contributed by atoms with Crippen molar-refractivity contribution in [2.75, 3.05) is 63.1 Å². The number of aryl methyl sites for hydroxylation is 1. The van der Waals surface area contributed by atoms with Crippen molar-refractivity contribution in [2.24, 2.45) is 0 Å². The number of rotatable bonds is 8. The lowest BCUT2D eigenvalue weighted by atomic mass is 10.0. The maximum atomic E-state index is 13.4. The molecule has 3 heterocycles. The van der Waals surface area contributed by atoms with Crippen LogP contribution >= 0.6 is 11.6 Å². The van der Waals surface area contributed by atoms with E-state index >= 15 is 0 Å². The normalized spacial score (nSPS) is 16.6. The average molecular weight is 575 g/mol. The van der Waals surface area contributed by atoms with Gasteiger partial charge >= 0.3 is 6.18 Å². The highest BCUT2D eigenvalue weighted by molar-refractivity contribution is 6.32. The average Bonchev–Trinajstić information content (AvgIpc) is 2.92. The van der Waals surface area contributed by atoms with Crippen molar-refractivity contribution in [2.45, 2.75) is 32.5 Å². The quantitative estimate of drug-likeness (QED) is 0.342. The second-order valence-corrected chi connectivity index (χ2v) is 10.8. The van der Waals surface area contributed by atoms with Gasteiger partial charge in [0.1, 0.15) is 17.9 Å². The summed E-state index contributed by atoms with van der Waals surface area (Å²) in [6.45, 7) is 8.42. The summed E-state index contributed by atoms with van der Waals surface area (Å²) in [6.07, 6.45) is -1.39. The van der Waals surface area contributed by atoms with E-state index in [0.717, 1.165) is 56.1 Å². The zero-order valence-electron chi connectivity index (χ0n) is 22.8. The molecule has 1 fully saturated rings. The van der Waals surface area contributed by atoms with Crippen LogP contribution in [-0.2, 0) is 19.1 Å². The largest absolute Gasteiger partial charge is 0.492 e. The lowest BCUT2D eigenvalue weighted by Crippen LogP contribution is -2.44. The van der Waals surface area contributed by atoms with Gasteiger partial charge in [-0.25, -0.2) is 9.97 Å². The number of nitrogens with one attached hydrogen (secondary N) is 1. The number of benzene rings is 2. The third-order valence-corrected chi connectivity index (χ3v) is 7.86. The van der Waals surface area contributed by atoms with Crippen LogP contribution in [0.2, 0.25) is 5.02 Å². The Morgan fingerprint density at radius 3 is 2.58 bits per heavy atom. The summed E-state index contributed by atoms with van der Waals surface area (Å²) in [5.74, 6) is 1.31. The Hall–Kier alpha value is -3.08. The smallest absolute Gasteiger partial charge is 0.416 e. The molecule has 1 saturated heterocycles. The van der Waals surface area contributed by atoms with Gasteiger partial charge in [-0.2, -0.15) is 13.2 Å². The molecule has 0 amide bonds. The van der Waals surface area contributed by atoms with Crippen LogP contribution in [-0.4, -0.2) is 72.7 Å². The van der Waals surface area contributed by atoms with E-state index in [0.29, 0.717) is 48.4 Å². The van der Waals surface area contributed by atoms with Gasteiger partial charge in [-0.1, -0.05) is 17.7 Å². The van der Waals surface area contributed by atoms with Gasteiger partial charge in [-0.05, 0) is 62.7 Å². The zero-order valence-corrected chi connectivity index (χ0v) is 23.5. The number of nitrogens with zero attached hydrogens (tertiary/aromatic N) is 5. The SMILES string of the molecule is Cc1ccc(N2CCc3c(ncnc3Nc3ccc(OCCCN4CCN(C)CC4)c(Cl)c3)C2)cc1C(F)(F)F. The molecule has 0 unspecified atom stereocenters. The number of ether oxygens (including phenoxy) is 1. The Balaban J connectivity index is 1.19. The minimum atomic E-state index is -4.39. The van der Waals surface area contributed by atoms with E-state index in [1.54, 1.807) is 6.07 Å². The van der Waals surface area contributed by atoms with E-state index in [9.17, 15) is 13.2 Å². The summed E-state index contributed by atoms with van der Waals surface area (Å²) in [5.41, 5.74) is 2.63. The van der Waals surface area contributed by atoms with Crippen LogP contribution in [0.3, 0.4) is 0 Å². The number of hydrogen-bond acceptors (Lipinski definition) is 7. The van der Waals surface area contributed by atoms with Crippen molar-refractivity contribution >= 4 is 28.8 Å². The fraction of sp³-hybridized carbons (Fsp3) is 0.448. The van der Waals surface area contributed by atoms with Crippen LogP contribution in [0.4, 0.5) is 30.4 Å². The lowest BCUT2D eigenvalue weighted by Gasteiger charge is -2.32. The van der Waals surface area contributed by atoms with Crippen LogP contribution < -0.4 is 15.0 Å². The molecule has 11 heteroatoms. The zero-order chi connectivity index (χ0) is 28.3. The number of aromatic nitrogens is 2. The summed E-state index contributed by atoms with van der Waals surface area (Å²) in [7, 11) is 2.15. The van der Waals surface area contributed by atoms with Gasteiger partial charge in [0.05, 0.1) is 29.4 Å². The molecule has 2 aliphatic heterocycles. The molecular formula is C29H34ClF3N6O. The van der Waals surface area contributed by atoms with Crippen molar-refractivity contribution in [1.82, 2.24) is 19.8 Å². The molecule has 0 aliphatic carbocycles. The number of hydrogen-bond donors (Lipinski definition) is 1. The standard InChI is InChI=1S/C29H34ClF3N6O/c1-20-4-6-22(17-24(20)29(31,32)33)39-10-8-23-26(18-39)34-19-35-28(23)36-21-5-7-27(25(30)16-21)40-15-3-9-38-13-11-37(2)12-14-38/h4-7,16-17,19H,3,8-15,18H2,1-2H3,(H,34,35,36). The van der Waals surface area contributed by atoms with Gasteiger partial charge in [-0.15, -0.1) is 0 Å². The van der Waals surface area contributed by atoms with Crippen molar-refractivity contribution < 1.29 is 17.9 Å². The topological polar surface area (TPSA) is 56.8 Å². The number of fused-ring (bicyclic) bond motifs is 1. The first-order valence-corrected chi connectivity index (χ1v) is 13.9. The Morgan fingerprint density at radius 1 is 1.02 bits per heavy atom. The minimum Gasteiger partial charge on any atom is -0.492 e. The third kappa shape index (κ3) is 6.79. The highest BCUT2D eigenvalue weighted by Crippen LogP contribution is 2.36. The molecule has 3 aromatic rings. The summed E-state index contributed by atoms with van der Waals surface area (Å²) >= 11 is 6.53. The van der Waals surface area contributed by atoms with E-state index in [-0.39, 0.29) is 5.56 Å². The predicted octanol–water partition coefficient (Wildman–Crippen LogP) is 5.78. The van der Waals surface area contributed by atoms with Crippen molar-refractivity contribution in [3.05, 3.63) is 70.1 Å². The molecule has 0 atom stereocenters. The summed E-state index contributed by atoms with van der Waals surface area (Å²) in [5, 5.41) is 3.85. The molecule has 2 aromatic carbocycles. The Kier molecular flexibility index (Phi) is 8.68. The highest BCUT2D eigenvalue weighted by atomic mass is 35.5. The summed E-state index contributed by atoms with van der Waals surface area (Å²) in [4.78, 5) is 15.6. The minimum absolute atomic E-state index is 0.211. The Labute approximate surface area is 237 Å². The molecule has 0 spiro atoms. The number of halogens is 4. The van der Waals surface area contributed by atoms with Gasteiger partial charge in [-0.3, -0.25) is 0 Å². The van der Waals surface area contributed by atoms with Gasteiger partial charge in [0.25, 0.3) is 0 Å². The fourth-order valence-corrected chi connectivity index (χ4v) is 5.40. The van der Waals surface area contributed by atoms with Gasteiger partial charge in [0.2, 0.25) is 0 Å². The van der Waals surface area contributed by atoms with Crippen molar-refractivity contribution in [3.63, 3.8) is 0 Å². The lowest BCUT2D eigenvalue weighted by molar-refractivity contribution is -0.138. The van der Waals surface area contributed by atoms with Gasteiger partial charge in [0, 0.05) is 56.2 Å². The second-order valence-electron chi connectivity index (χ2n) is 10.4. The first-order chi connectivity index (χ1) is 19.2. The Bertz CT molecular complexity index is 1330. The number of piperazine rings is 1. The molecule has 0 bridgehead atoms. The first kappa shape index (κ1) is 28.4. The second kappa shape index (κ2) is 12.2. The molecule has 0 saturated carbocycles. The van der Waals surface area contributed by atoms with Crippen LogP contribution in [0, 0.1) is 6.92 Å². The maximum absolute atomic E-state index is 13.4. The van der Waals surface area contributed by atoms with E-state index < -0.39 is 11.7 Å². The molecule has 7 nitrogen and oxygen atoms in total. The monoisotopic (exact) mass is 574 g/mol. The van der Waals surface area contributed by atoms with E-state index in [4.69, 9.17) is 16.3 Å².